The molecule has 0 fully saturated rings. The lowest BCUT2D eigenvalue weighted by Gasteiger charge is -2.13. The molecule has 0 bridgehead atoms. The zero-order valence-corrected chi connectivity index (χ0v) is 13.4. The Morgan fingerprint density at radius 1 is 1.21 bits per heavy atom. The van der Waals surface area contributed by atoms with Crippen molar-refractivity contribution in [2.24, 2.45) is 0 Å². The lowest BCUT2D eigenvalue weighted by molar-refractivity contribution is 1.13. The fourth-order valence-electron chi connectivity index (χ4n) is 1.91. The molecule has 0 unspecified atom stereocenters. The number of halogens is 1. The summed E-state index contributed by atoms with van der Waals surface area (Å²) in [6.45, 7) is 0. The maximum absolute atomic E-state index is 11.7. The molecule has 0 atom stereocenters. The summed E-state index contributed by atoms with van der Waals surface area (Å²) >= 11 is 3.73. The third kappa shape index (κ3) is 2.21. The van der Waals surface area contributed by atoms with Gasteiger partial charge in [-0.25, -0.2) is 4.98 Å². The largest absolute Gasteiger partial charge is 0.378 e. The molecule has 0 saturated heterocycles. The lowest BCUT2D eigenvalue weighted by Crippen LogP contribution is -2.08. The van der Waals surface area contributed by atoms with E-state index in [2.05, 4.69) is 44.6 Å². The fourth-order valence-corrected chi connectivity index (χ4v) is 3.72. The second-order valence-electron chi connectivity index (χ2n) is 4.49. The first-order chi connectivity index (χ1) is 9.06. The van der Waals surface area contributed by atoms with Crippen molar-refractivity contribution in [3.8, 4) is 10.6 Å². The van der Waals surface area contributed by atoms with Crippen LogP contribution in [0.15, 0.2) is 35.1 Å². The van der Waals surface area contributed by atoms with Crippen molar-refractivity contribution in [3.63, 3.8) is 0 Å². The molecule has 1 aliphatic carbocycles. The molecule has 3 nitrogen and oxygen atoms in total. The fraction of sp³-hybridized carbons (Fsp3) is 0.143. The normalized spacial score (nSPS) is 11.1. The van der Waals surface area contributed by atoms with Gasteiger partial charge in [-0.3, -0.25) is 4.79 Å². The summed E-state index contributed by atoms with van der Waals surface area (Å²) in [6, 6.07) is 9.58. The zero-order valence-electron chi connectivity index (χ0n) is 10.5. The number of anilines is 1. The molecule has 0 saturated carbocycles. The number of rotatable bonds is 1. The van der Waals surface area contributed by atoms with Crippen molar-refractivity contribution in [3.05, 3.63) is 44.1 Å². The maximum Gasteiger partial charge on any atom is 0.193 e. The third-order valence-corrected chi connectivity index (χ3v) is 5.55. The summed E-state index contributed by atoms with van der Waals surface area (Å²) in [5.41, 5.74) is 3.06. The van der Waals surface area contributed by atoms with Gasteiger partial charge in [-0.05, 0) is 52.9 Å². The van der Waals surface area contributed by atoms with Crippen molar-refractivity contribution < 1.29 is 0 Å². The molecule has 3 rings (SSSR count). The SMILES string of the molecule is CN(C)c1ccc2nc3ccc(=O)c(I)c-3sc2c1. The minimum Gasteiger partial charge on any atom is -0.378 e. The van der Waals surface area contributed by atoms with Gasteiger partial charge in [-0.2, -0.15) is 0 Å². The summed E-state index contributed by atoms with van der Waals surface area (Å²) in [5, 5.41) is 0. The van der Waals surface area contributed by atoms with Gasteiger partial charge in [0.15, 0.2) is 5.43 Å². The van der Waals surface area contributed by atoms with Crippen LogP contribution in [-0.2, 0) is 0 Å². The van der Waals surface area contributed by atoms with E-state index < -0.39 is 0 Å². The number of hydrogen-bond acceptors (Lipinski definition) is 4. The Balaban J connectivity index is 2.37. The van der Waals surface area contributed by atoms with Crippen LogP contribution in [0.3, 0.4) is 0 Å². The molecule has 0 amide bonds. The van der Waals surface area contributed by atoms with Gasteiger partial charge in [0.1, 0.15) is 0 Å². The van der Waals surface area contributed by atoms with Crippen LogP contribution < -0.4 is 10.3 Å². The predicted molar refractivity (Wildman–Crippen MR) is 89.6 cm³/mol. The van der Waals surface area contributed by atoms with E-state index in [0.29, 0.717) is 0 Å². The van der Waals surface area contributed by atoms with E-state index in [0.717, 1.165) is 30.0 Å². The highest BCUT2D eigenvalue weighted by Gasteiger charge is 2.13. The predicted octanol–water partition coefficient (Wildman–Crippen LogP) is 3.43. The number of fused-ring (bicyclic) bond motifs is 2. The van der Waals surface area contributed by atoms with E-state index in [1.54, 1.807) is 23.5 Å². The van der Waals surface area contributed by atoms with Crippen molar-refractivity contribution in [1.82, 2.24) is 4.98 Å². The Kier molecular flexibility index (Phi) is 3.18. The lowest BCUT2D eigenvalue weighted by atomic mass is 10.2. The molecule has 0 aromatic heterocycles. The van der Waals surface area contributed by atoms with Crippen LogP contribution in [0.2, 0.25) is 0 Å². The summed E-state index contributed by atoms with van der Waals surface area (Å²) in [5.74, 6) is 0. The molecular weight excluding hydrogens is 371 g/mol. The van der Waals surface area contributed by atoms with Gasteiger partial charge in [-0.1, -0.05) is 0 Å². The molecule has 1 aliphatic heterocycles. The Morgan fingerprint density at radius 2 is 2.00 bits per heavy atom. The molecular formula is C14H11IN2OS. The number of hydrogen-bond donors (Lipinski definition) is 0. The van der Waals surface area contributed by atoms with Crippen molar-refractivity contribution in [2.45, 2.75) is 0 Å². The Bertz CT molecular complexity index is 797. The molecule has 0 spiro atoms. The smallest absolute Gasteiger partial charge is 0.193 e. The van der Waals surface area contributed by atoms with E-state index >= 15 is 0 Å². The van der Waals surface area contributed by atoms with Crippen LogP contribution in [0.4, 0.5) is 5.69 Å². The molecule has 19 heavy (non-hydrogen) atoms. The van der Waals surface area contributed by atoms with E-state index in [9.17, 15) is 4.79 Å². The number of benzene rings is 2. The van der Waals surface area contributed by atoms with Crippen LogP contribution in [0.25, 0.3) is 20.8 Å². The highest BCUT2D eigenvalue weighted by atomic mass is 127. The molecule has 96 valence electrons. The van der Waals surface area contributed by atoms with Gasteiger partial charge >= 0.3 is 0 Å². The highest BCUT2D eigenvalue weighted by Crippen LogP contribution is 2.34. The first-order valence-electron chi connectivity index (χ1n) is 5.77. The minimum absolute atomic E-state index is 0.0641. The van der Waals surface area contributed by atoms with Crippen LogP contribution in [0.1, 0.15) is 0 Å². The molecule has 1 heterocycles. The van der Waals surface area contributed by atoms with Gasteiger partial charge in [0.25, 0.3) is 0 Å². The average molecular weight is 382 g/mol. The van der Waals surface area contributed by atoms with Crippen LogP contribution in [-0.4, -0.2) is 19.1 Å². The number of aromatic nitrogens is 1. The monoisotopic (exact) mass is 382 g/mol. The molecule has 5 heteroatoms. The molecule has 2 aliphatic rings. The van der Waals surface area contributed by atoms with E-state index in [4.69, 9.17) is 0 Å². The Labute approximate surface area is 128 Å². The van der Waals surface area contributed by atoms with E-state index in [-0.39, 0.29) is 5.43 Å². The summed E-state index contributed by atoms with van der Waals surface area (Å²) in [4.78, 5) is 19.4. The zero-order chi connectivity index (χ0) is 13.6. The molecule has 0 N–H and O–H groups in total. The maximum atomic E-state index is 11.7. The molecule has 1 aromatic carbocycles. The highest BCUT2D eigenvalue weighted by molar-refractivity contribution is 14.1. The van der Waals surface area contributed by atoms with Crippen LogP contribution >= 0.6 is 33.9 Å². The van der Waals surface area contributed by atoms with E-state index in [1.807, 2.05) is 20.2 Å². The van der Waals surface area contributed by atoms with Crippen molar-refractivity contribution >= 4 is 49.8 Å². The second kappa shape index (κ2) is 4.72. The quantitative estimate of drug-likeness (QED) is 0.478. The van der Waals surface area contributed by atoms with E-state index in [1.165, 1.54) is 0 Å². The number of nitrogens with zero attached hydrogens (tertiary/aromatic N) is 2. The first kappa shape index (κ1) is 12.8. The molecule has 1 aromatic rings. The second-order valence-corrected chi connectivity index (χ2v) is 6.62. The minimum atomic E-state index is 0.0641. The summed E-state index contributed by atoms with van der Waals surface area (Å²) < 4.78 is 1.85. The Hall–Kier alpha value is -1.21. The standard InChI is InChI=1S/C14H11IN2OS/c1-17(2)8-3-4-9-12(7-8)19-14-10(16-9)5-6-11(18)13(14)15/h3-7H,1-2H3. The average Bonchev–Trinajstić information content (AvgIpc) is 2.41. The van der Waals surface area contributed by atoms with Crippen LogP contribution in [0.5, 0.6) is 0 Å². The van der Waals surface area contributed by atoms with Crippen LogP contribution in [0, 0.1) is 3.57 Å². The summed E-state index contributed by atoms with van der Waals surface area (Å²) in [6.07, 6.45) is 0. The third-order valence-electron chi connectivity index (χ3n) is 2.95. The van der Waals surface area contributed by atoms with Gasteiger partial charge in [0.05, 0.1) is 24.4 Å². The van der Waals surface area contributed by atoms with Crippen molar-refractivity contribution in [2.75, 3.05) is 19.0 Å². The van der Waals surface area contributed by atoms with Gasteiger partial charge in [0, 0.05) is 19.8 Å². The molecule has 0 radical (unpaired) electrons. The van der Waals surface area contributed by atoms with Crippen molar-refractivity contribution in [1.29, 1.82) is 0 Å². The Morgan fingerprint density at radius 3 is 2.74 bits per heavy atom. The van der Waals surface area contributed by atoms with Gasteiger partial charge in [0.2, 0.25) is 0 Å². The van der Waals surface area contributed by atoms with Gasteiger partial charge < -0.3 is 4.90 Å². The topological polar surface area (TPSA) is 33.2 Å². The van der Waals surface area contributed by atoms with Gasteiger partial charge in [-0.15, -0.1) is 11.3 Å². The summed E-state index contributed by atoms with van der Waals surface area (Å²) in [7, 11) is 4.03. The first-order valence-corrected chi connectivity index (χ1v) is 7.66.